The summed E-state index contributed by atoms with van der Waals surface area (Å²) in [6, 6.07) is 8.64. The Bertz CT molecular complexity index is 787. The molecule has 1 aliphatic rings. The number of nitrogens with zero attached hydrogens (tertiary/aromatic N) is 4. The van der Waals surface area contributed by atoms with Gasteiger partial charge in [0.1, 0.15) is 5.75 Å². The summed E-state index contributed by atoms with van der Waals surface area (Å²) in [4.78, 5) is 7.44. The molecule has 2 N–H and O–H groups in total. The summed E-state index contributed by atoms with van der Waals surface area (Å²) in [5.74, 6) is 1.75. The predicted octanol–water partition coefficient (Wildman–Crippen LogP) is 3.21. The van der Waals surface area contributed by atoms with E-state index in [9.17, 15) is 0 Å². The monoisotopic (exact) mass is 526 g/mol. The van der Waals surface area contributed by atoms with Gasteiger partial charge in [-0.1, -0.05) is 12.1 Å². The van der Waals surface area contributed by atoms with Crippen LogP contribution in [0.2, 0.25) is 0 Å². The van der Waals surface area contributed by atoms with E-state index < -0.39 is 0 Å². The van der Waals surface area contributed by atoms with Crippen LogP contribution in [0, 0.1) is 6.92 Å². The minimum absolute atomic E-state index is 0. The average molecular weight is 526 g/mol. The lowest BCUT2D eigenvalue weighted by atomic mass is 10.1. The first-order valence-corrected chi connectivity index (χ1v) is 10.6. The molecule has 0 bridgehead atoms. The molecule has 3 rings (SSSR count). The number of guanidine groups is 1. The molecule has 30 heavy (non-hydrogen) atoms. The number of aliphatic imine (C=N–C) groups is 1. The maximum absolute atomic E-state index is 5.44. The van der Waals surface area contributed by atoms with Gasteiger partial charge in [-0.25, -0.2) is 0 Å². The van der Waals surface area contributed by atoms with Crippen molar-refractivity contribution in [2.45, 2.75) is 39.3 Å². The van der Waals surface area contributed by atoms with Gasteiger partial charge >= 0.3 is 0 Å². The van der Waals surface area contributed by atoms with E-state index >= 15 is 0 Å². The van der Waals surface area contributed by atoms with Crippen LogP contribution in [0.15, 0.2) is 41.7 Å². The molecular weight excluding hydrogens is 491 g/mol. The number of aromatic nitrogens is 2. The van der Waals surface area contributed by atoms with Crippen molar-refractivity contribution in [2.75, 3.05) is 39.8 Å². The molecule has 8 heteroatoms. The van der Waals surface area contributed by atoms with Crippen molar-refractivity contribution in [3.05, 3.63) is 47.8 Å². The van der Waals surface area contributed by atoms with Crippen LogP contribution in [0.5, 0.6) is 5.75 Å². The summed E-state index contributed by atoms with van der Waals surface area (Å²) >= 11 is 0. The summed E-state index contributed by atoms with van der Waals surface area (Å²) in [6.07, 6.45) is 6.45. The van der Waals surface area contributed by atoms with Crippen LogP contribution in [0.3, 0.4) is 0 Å². The van der Waals surface area contributed by atoms with Crippen LogP contribution in [-0.4, -0.2) is 60.5 Å². The maximum Gasteiger partial charge on any atom is 0.191 e. The summed E-state index contributed by atoms with van der Waals surface area (Å²) in [5.41, 5.74) is 2.44. The first kappa shape index (κ1) is 24.5. The Morgan fingerprint density at radius 2 is 2.07 bits per heavy atom. The molecule has 1 fully saturated rings. The average Bonchev–Trinajstić information content (AvgIpc) is 3.40. The fraction of sp³-hybridized carbons (Fsp3) is 0.545. The highest BCUT2D eigenvalue weighted by Gasteiger charge is 2.23. The molecule has 0 amide bonds. The summed E-state index contributed by atoms with van der Waals surface area (Å²) in [6.45, 7) is 9.53. The lowest BCUT2D eigenvalue weighted by Crippen LogP contribution is -2.39. The fourth-order valence-corrected chi connectivity index (χ4v) is 3.73. The van der Waals surface area contributed by atoms with E-state index in [1.165, 1.54) is 24.0 Å². The predicted molar refractivity (Wildman–Crippen MR) is 133 cm³/mol. The van der Waals surface area contributed by atoms with Crippen LogP contribution in [0.1, 0.15) is 36.9 Å². The lowest BCUT2D eigenvalue weighted by molar-refractivity contribution is 0.251. The van der Waals surface area contributed by atoms with Crippen LogP contribution in [-0.2, 0) is 6.54 Å². The zero-order valence-electron chi connectivity index (χ0n) is 18.3. The molecule has 1 saturated heterocycles. The number of methoxy groups -OCH3 is 1. The quantitative estimate of drug-likeness (QED) is 0.299. The number of rotatable bonds is 9. The van der Waals surface area contributed by atoms with E-state index in [0.717, 1.165) is 44.4 Å². The fourth-order valence-electron chi connectivity index (χ4n) is 3.73. The normalized spacial score (nSPS) is 15.5. The van der Waals surface area contributed by atoms with E-state index in [-0.39, 0.29) is 30.0 Å². The summed E-state index contributed by atoms with van der Waals surface area (Å²) < 4.78 is 7.39. The SMILES string of the molecule is CCNC(=NCC(c1cccc(OC)c1)N1CCCC1)NCCn1cc(C)cn1.I. The van der Waals surface area contributed by atoms with Crippen LogP contribution in [0.4, 0.5) is 0 Å². The molecule has 0 saturated carbocycles. The molecule has 166 valence electrons. The number of nitrogens with one attached hydrogen (secondary N) is 2. The van der Waals surface area contributed by atoms with Crippen LogP contribution >= 0.6 is 24.0 Å². The number of halogens is 1. The minimum Gasteiger partial charge on any atom is -0.497 e. The van der Waals surface area contributed by atoms with Crippen molar-refractivity contribution >= 4 is 29.9 Å². The third kappa shape index (κ3) is 7.16. The molecule has 2 aromatic rings. The van der Waals surface area contributed by atoms with Gasteiger partial charge in [-0.2, -0.15) is 5.10 Å². The van der Waals surface area contributed by atoms with Gasteiger partial charge in [-0.15, -0.1) is 24.0 Å². The molecule has 0 aliphatic carbocycles. The highest BCUT2D eigenvalue weighted by molar-refractivity contribution is 14.0. The van der Waals surface area contributed by atoms with Crippen molar-refractivity contribution in [3.8, 4) is 5.75 Å². The van der Waals surface area contributed by atoms with Gasteiger partial charge in [0.25, 0.3) is 0 Å². The number of ether oxygens (including phenoxy) is 1. The molecule has 0 spiro atoms. The highest BCUT2D eigenvalue weighted by atomic mass is 127. The Hall–Kier alpha value is -1.81. The number of likely N-dealkylation sites (tertiary alicyclic amines) is 1. The zero-order valence-corrected chi connectivity index (χ0v) is 20.6. The van der Waals surface area contributed by atoms with Gasteiger partial charge in [0, 0.05) is 19.3 Å². The second kappa shape index (κ2) is 12.8. The van der Waals surface area contributed by atoms with Crippen molar-refractivity contribution in [3.63, 3.8) is 0 Å². The van der Waals surface area contributed by atoms with Gasteiger partial charge in [-0.3, -0.25) is 14.6 Å². The molecule has 7 nitrogen and oxygen atoms in total. The molecule has 0 radical (unpaired) electrons. The highest BCUT2D eigenvalue weighted by Crippen LogP contribution is 2.27. The van der Waals surface area contributed by atoms with Crippen LogP contribution in [0.25, 0.3) is 0 Å². The van der Waals surface area contributed by atoms with Gasteiger partial charge in [0.2, 0.25) is 0 Å². The first-order chi connectivity index (χ1) is 14.2. The lowest BCUT2D eigenvalue weighted by Gasteiger charge is -2.27. The maximum atomic E-state index is 5.44. The number of benzene rings is 1. The molecule has 1 aromatic heterocycles. The number of hydrogen-bond donors (Lipinski definition) is 2. The van der Waals surface area contributed by atoms with Gasteiger partial charge in [0.05, 0.1) is 32.4 Å². The van der Waals surface area contributed by atoms with E-state index in [1.807, 2.05) is 16.9 Å². The molecular formula is C22H35IN6O. The molecule has 1 unspecified atom stereocenters. The standard InChI is InChI=1S/C22H34N6O.HI/c1-4-23-22(24-10-13-28-17-18(2)15-26-28)25-16-21(27-11-5-6-12-27)19-8-7-9-20(14-19)29-3;/h7-9,14-15,17,21H,4-6,10-13,16H2,1-3H3,(H2,23,24,25);1H. The Morgan fingerprint density at radius 3 is 2.73 bits per heavy atom. The van der Waals surface area contributed by atoms with Crippen molar-refractivity contribution in [2.24, 2.45) is 4.99 Å². The van der Waals surface area contributed by atoms with Crippen molar-refractivity contribution in [1.82, 2.24) is 25.3 Å². The Kier molecular flexibility index (Phi) is 10.4. The van der Waals surface area contributed by atoms with E-state index in [0.29, 0.717) is 6.54 Å². The Balaban J connectivity index is 0.00000320. The Morgan fingerprint density at radius 1 is 1.27 bits per heavy atom. The van der Waals surface area contributed by atoms with Crippen molar-refractivity contribution < 1.29 is 4.74 Å². The zero-order chi connectivity index (χ0) is 20.5. The van der Waals surface area contributed by atoms with Gasteiger partial charge < -0.3 is 15.4 Å². The first-order valence-electron chi connectivity index (χ1n) is 10.6. The molecule has 2 heterocycles. The van der Waals surface area contributed by atoms with Crippen LogP contribution < -0.4 is 15.4 Å². The van der Waals surface area contributed by atoms with E-state index in [4.69, 9.17) is 9.73 Å². The van der Waals surface area contributed by atoms with Gasteiger partial charge in [-0.05, 0) is 63.0 Å². The molecule has 1 aliphatic heterocycles. The number of hydrogen-bond acceptors (Lipinski definition) is 4. The third-order valence-electron chi connectivity index (χ3n) is 5.22. The van der Waals surface area contributed by atoms with Gasteiger partial charge in [0.15, 0.2) is 5.96 Å². The topological polar surface area (TPSA) is 66.7 Å². The Labute approximate surface area is 197 Å². The minimum atomic E-state index is 0. The van der Waals surface area contributed by atoms with E-state index in [2.05, 4.69) is 58.9 Å². The summed E-state index contributed by atoms with van der Waals surface area (Å²) in [7, 11) is 1.72. The number of aryl methyl sites for hydroxylation is 1. The third-order valence-corrected chi connectivity index (χ3v) is 5.22. The summed E-state index contributed by atoms with van der Waals surface area (Å²) in [5, 5.41) is 11.1. The van der Waals surface area contributed by atoms with Crippen molar-refractivity contribution in [1.29, 1.82) is 0 Å². The largest absolute Gasteiger partial charge is 0.497 e. The second-order valence-electron chi connectivity index (χ2n) is 7.46. The second-order valence-corrected chi connectivity index (χ2v) is 7.46. The van der Waals surface area contributed by atoms with E-state index in [1.54, 1.807) is 7.11 Å². The molecule has 1 aromatic carbocycles. The molecule has 1 atom stereocenters. The smallest absolute Gasteiger partial charge is 0.191 e.